The third-order valence-corrected chi connectivity index (χ3v) is 1.36. The molecule has 0 aliphatic rings. The molecule has 0 aromatic heterocycles. The molecule has 0 bridgehead atoms. The summed E-state index contributed by atoms with van der Waals surface area (Å²) in [6.45, 7) is 0. The molecular weight excluding hydrogens is 316 g/mol. The lowest BCUT2D eigenvalue weighted by atomic mass is 10.1. The molecule has 0 aliphatic carbocycles. The molecule has 118 valence electrons. The van der Waals surface area contributed by atoms with E-state index in [9.17, 15) is 52.7 Å². The molecule has 0 heterocycles. The molecule has 0 spiro atoms. The molecule has 0 aromatic carbocycles. The van der Waals surface area contributed by atoms with Crippen LogP contribution in [-0.4, -0.2) is 30.5 Å². The van der Waals surface area contributed by atoms with E-state index in [0.29, 0.717) is 0 Å². The minimum absolute atomic E-state index is 0. The Labute approximate surface area is 96.7 Å². The van der Waals surface area contributed by atoms with Crippen LogP contribution in [-0.2, 0) is 4.74 Å². The summed E-state index contributed by atoms with van der Waals surface area (Å²) in [4.78, 5) is 0. The normalized spacial score (nSPS) is 15.2. The van der Waals surface area contributed by atoms with Crippen LogP contribution < -0.4 is 0 Å². The van der Waals surface area contributed by atoms with Crippen molar-refractivity contribution in [1.82, 2.24) is 0 Å². The van der Waals surface area contributed by atoms with E-state index in [1.54, 1.807) is 0 Å². The molecule has 0 saturated heterocycles. The molecule has 0 atom stereocenters. The first-order valence-corrected chi connectivity index (χ1v) is 3.43. The molecule has 0 unspecified atom stereocenters. The maximum Gasteiger partial charge on any atom is 0.527 e. The zero-order valence-electron chi connectivity index (χ0n) is 7.44. The van der Waals surface area contributed by atoms with Gasteiger partial charge >= 0.3 is 30.5 Å². The van der Waals surface area contributed by atoms with E-state index in [0.717, 1.165) is 0 Å². The quantitative estimate of drug-likeness (QED) is 0.692. The fourth-order valence-electron chi connectivity index (χ4n) is 0.570. The Morgan fingerprint density at radius 2 is 0.842 bits per heavy atom. The minimum Gasteiger partial charge on any atom is -0.221 e. The van der Waals surface area contributed by atoms with Crippen molar-refractivity contribution in [2.24, 2.45) is 0 Å². The average molecular weight is 320 g/mol. The Morgan fingerprint density at radius 1 is 0.526 bits per heavy atom. The number of alkyl halides is 12. The Balaban J connectivity index is 0. The predicted octanol–water partition coefficient (Wildman–Crippen LogP) is 4.58. The lowest BCUT2D eigenvalue weighted by molar-refractivity contribution is -0.502. The highest BCUT2D eigenvalue weighted by molar-refractivity contribution is 4.96. The van der Waals surface area contributed by atoms with Gasteiger partial charge in [-0.2, -0.15) is 39.5 Å². The van der Waals surface area contributed by atoms with Crippen LogP contribution in [0.1, 0.15) is 7.43 Å². The van der Waals surface area contributed by atoms with Gasteiger partial charge in [-0.15, -0.1) is 13.2 Å². The summed E-state index contributed by atoms with van der Waals surface area (Å²) >= 11 is 0. The first-order chi connectivity index (χ1) is 7.46. The van der Waals surface area contributed by atoms with Crippen LogP contribution in [0, 0.1) is 0 Å². The molecule has 0 aromatic rings. The molecule has 0 aliphatic heterocycles. The highest BCUT2D eigenvalue weighted by atomic mass is 19.4. The van der Waals surface area contributed by atoms with Crippen molar-refractivity contribution >= 4 is 0 Å². The third kappa shape index (κ3) is 3.79. The maximum absolute atomic E-state index is 12.2. The Bertz CT molecular complexity index is 298. The molecule has 13 heteroatoms. The molecule has 0 saturated carbocycles. The second-order valence-corrected chi connectivity index (χ2v) is 2.71. The lowest BCUT2D eigenvalue weighted by Gasteiger charge is -2.33. The van der Waals surface area contributed by atoms with Crippen molar-refractivity contribution in [3.8, 4) is 0 Å². The fourth-order valence-corrected chi connectivity index (χ4v) is 0.570. The van der Waals surface area contributed by atoms with E-state index < -0.39 is 30.5 Å². The first kappa shape index (κ1) is 20.4. The summed E-state index contributed by atoms with van der Waals surface area (Å²) in [5.74, 6) is -14.9. The lowest BCUT2D eigenvalue weighted by Crippen LogP contribution is -2.62. The van der Waals surface area contributed by atoms with Crippen molar-refractivity contribution in [2.45, 2.75) is 37.9 Å². The Kier molecular flexibility index (Phi) is 5.27. The van der Waals surface area contributed by atoms with E-state index >= 15 is 0 Å². The van der Waals surface area contributed by atoms with E-state index in [1.807, 2.05) is 0 Å². The van der Waals surface area contributed by atoms with Crippen molar-refractivity contribution in [3.05, 3.63) is 0 Å². The molecule has 19 heavy (non-hydrogen) atoms. The van der Waals surface area contributed by atoms with E-state index in [-0.39, 0.29) is 7.43 Å². The van der Waals surface area contributed by atoms with Crippen LogP contribution in [0.5, 0.6) is 0 Å². The summed E-state index contributed by atoms with van der Waals surface area (Å²) < 4.78 is 141. The van der Waals surface area contributed by atoms with Gasteiger partial charge in [0.2, 0.25) is 0 Å². The van der Waals surface area contributed by atoms with Crippen molar-refractivity contribution < 1.29 is 57.4 Å². The second kappa shape index (κ2) is 4.90. The number of ether oxygens (including phenoxy) is 1. The second-order valence-electron chi connectivity index (χ2n) is 2.71. The standard InChI is InChI=1S/C5F12O.CH4/c6-1(7,3(10,11)12)2(8,9)4(13,14)18-5(15,16)17;/h;1H4. The minimum atomic E-state index is -7.45. The summed E-state index contributed by atoms with van der Waals surface area (Å²) in [5.41, 5.74) is 0. The van der Waals surface area contributed by atoms with Crippen LogP contribution in [0.3, 0.4) is 0 Å². The zero-order chi connectivity index (χ0) is 15.2. The van der Waals surface area contributed by atoms with Gasteiger partial charge in [0.05, 0.1) is 0 Å². The SMILES string of the molecule is C.FC(F)(F)OC(F)(F)C(F)(F)C(F)(F)C(F)(F)F. The number of halogens is 12. The van der Waals surface area contributed by atoms with Crippen LogP contribution in [0.2, 0.25) is 0 Å². The monoisotopic (exact) mass is 320 g/mol. The average Bonchev–Trinajstić information content (AvgIpc) is 1.95. The summed E-state index contributed by atoms with van der Waals surface area (Å²) in [6.07, 6.45) is -20.9. The zero-order valence-corrected chi connectivity index (χ0v) is 7.44. The third-order valence-electron chi connectivity index (χ3n) is 1.36. The molecule has 1 nitrogen and oxygen atoms in total. The van der Waals surface area contributed by atoms with E-state index in [2.05, 4.69) is 0 Å². The van der Waals surface area contributed by atoms with Crippen molar-refractivity contribution in [2.75, 3.05) is 0 Å². The van der Waals surface area contributed by atoms with Crippen molar-refractivity contribution in [1.29, 1.82) is 0 Å². The number of hydrogen-bond donors (Lipinski definition) is 0. The van der Waals surface area contributed by atoms with Gasteiger partial charge < -0.3 is 0 Å². The molecule has 0 rings (SSSR count). The Morgan fingerprint density at radius 3 is 1.05 bits per heavy atom. The molecule has 0 N–H and O–H groups in total. The fraction of sp³-hybridized carbons (Fsp3) is 1.00. The van der Waals surface area contributed by atoms with Gasteiger partial charge in [-0.05, 0) is 0 Å². The topological polar surface area (TPSA) is 9.23 Å². The molecule has 0 amide bonds. The van der Waals surface area contributed by atoms with Crippen molar-refractivity contribution in [3.63, 3.8) is 0 Å². The highest BCUT2D eigenvalue weighted by Gasteiger charge is 2.84. The summed E-state index contributed by atoms with van der Waals surface area (Å²) in [6, 6.07) is 0. The highest BCUT2D eigenvalue weighted by Crippen LogP contribution is 2.54. The predicted molar refractivity (Wildman–Crippen MR) is 34.8 cm³/mol. The van der Waals surface area contributed by atoms with Gasteiger partial charge in [0, 0.05) is 0 Å². The molecular formula is C6H4F12O. The number of hydrogen-bond acceptors (Lipinski definition) is 1. The van der Waals surface area contributed by atoms with Crippen LogP contribution in [0.15, 0.2) is 0 Å². The first-order valence-electron chi connectivity index (χ1n) is 3.43. The largest absolute Gasteiger partial charge is 0.527 e. The summed E-state index contributed by atoms with van der Waals surface area (Å²) in [7, 11) is 0. The molecule has 0 fully saturated rings. The molecule has 0 radical (unpaired) electrons. The van der Waals surface area contributed by atoms with Gasteiger partial charge in [0.25, 0.3) is 0 Å². The van der Waals surface area contributed by atoms with Gasteiger partial charge in [-0.3, -0.25) is 0 Å². The van der Waals surface area contributed by atoms with Gasteiger partial charge in [0.1, 0.15) is 0 Å². The van der Waals surface area contributed by atoms with E-state index in [4.69, 9.17) is 0 Å². The van der Waals surface area contributed by atoms with Gasteiger partial charge in [-0.1, -0.05) is 7.43 Å². The summed E-state index contributed by atoms with van der Waals surface area (Å²) in [5, 5.41) is 0. The van der Waals surface area contributed by atoms with Crippen LogP contribution in [0.4, 0.5) is 52.7 Å². The smallest absolute Gasteiger partial charge is 0.221 e. The van der Waals surface area contributed by atoms with E-state index in [1.165, 1.54) is 4.74 Å². The van der Waals surface area contributed by atoms with Gasteiger partial charge in [-0.25, -0.2) is 4.74 Å². The van der Waals surface area contributed by atoms with Crippen LogP contribution in [0.25, 0.3) is 0 Å². The maximum atomic E-state index is 12.2. The Hall–Kier alpha value is -0.880. The van der Waals surface area contributed by atoms with Gasteiger partial charge in [0.15, 0.2) is 0 Å². The number of rotatable bonds is 3. The van der Waals surface area contributed by atoms with Crippen LogP contribution >= 0.6 is 0 Å².